The minimum Gasteiger partial charge on any atom is -0.485 e. The number of hydrogen-bond donors (Lipinski definition) is 0. The lowest BCUT2D eigenvalue weighted by atomic mass is 9.74. The Kier molecular flexibility index (Phi) is 6.49. The van der Waals surface area contributed by atoms with Crippen LogP contribution in [0.15, 0.2) is 46.9 Å². The summed E-state index contributed by atoms with van der Waals surface area (Å²) < 4.78 is 12.8. The van der Waals surface area contributed by atoms with E-state index in [1.807, 2.05) is 31.2 Å². The summed E-state index contributed by atoms with van der Waals surface area (Å²) in [4.78, 5) is 14.6. The van der Waals surface area contributed by atoms with E-state index in [1.165, 1.54) is 24.0 Å². The van der Waals surface area contributed by atoms with Gasteiger partial charge in [-0.1, -0.05) is 47.1 Å². The number of halogens is 1. The van der Waals surface area contributed by atoms with Gasteiger partial charge < -0.3 is 14.4 Å². The first-order valence-electron chi connectivity index (χ1n) is 11.0. The molecule has 0 aromatic heterocycles. The molecule has 5 heteroatoms. The van der Waals surface area contributed by atoms with Gasteiger partial charge in [-0.25, -0.2) is 0 Å². The van der Waals surface area contributed by atoms with Crippen LogP contribution in [-0.4, -0.2) is 37.1 Å². The Morgan fingerprint density at radius 3 is 2.67 bits per heavy atom. The molecule has 2 aromatic carbocycles. The molecule has 1 fully saturated rings. The molecule has 160 valence electrons. The number of nitrogens with zero attached hydrogens (tertiary/aromatic N) is 1. The third-order valence-electron chi connectivity index (χ3n) is 6.65. The number of carbonyl (C=O) groups excluding carboxylic acids is 1. The summed E-state index contributed by atoms with van der Waals surface area (Å²) in [5.41, 5.74) is 3.78. The second-order valence-electron chi connectivity index (χ2n) is 8.35. The summed E-state index contributed by atoms with van der Waals surface area (Å²) in [7, 11) is 0. The number of fused-ring (bicyclic) bond motifs is 2. The van der Waals surface area contributed by atoms with Crippen molar-refractivity contribution in [1.29, 1.82) is 0 Å². The van der Waals surface area contributed by atoms with Gasteiger partial charge in [-0.2, -0.15) is 0 Å². The molecular weight excluding hydrogens is 442 g/mol. The van der Waals surface area contributed by atoms with Crippen LogP contribution < -0.4 is 4.74 Å². The molecule has 0 saturated carbocycles. The van der Waals surface area contributed by atoms with Crippen LogP contribution in [0.4, 0.5) is 0 Å². The quantitative estimate of drug-likeness (QED) is 0.526. The van der Waals surface area contributed by atoms with E-state index in [0.29, 0.717) is 6.61 Å². The molecule has 1 spiro atoms. The molecule has 1 aliphatic heterocycles. The molecule has 1 heterocycles. The average Bonchev–Trinajstić information content (AvgIpc) is 3.02. The minimum absolute atomic E-state index is 0.00554. The number of carbonyl (C=O) groups is 1. The van der Waals surface area contributed by atoms with Gasteiger partial charge >= 0.3 is 5.97 Å². The van der Waals surface area contributed by atoms with Crippen molar-refractivity contribution in [2.45, 2.75) is 51.0 Å². The van der Waals surface area contributed by atoms with Gasteiger partial charge in [0, 0.05) is 15.5 Å². The second-order valence-corrected chi connectivity index (χ2v) is 9.26. The van der Waals surface area contributed by atoms with Crippen molar-refractivity contribution < 1.29 is 14.3 Å². The van der Waals surface area contributed by atoms with E-state index in [2.05, 4.69) is 46.0 Å². The fourth-order valence-electron chi connectivity index (χ4n) is 5.02. The van der Waals surface area contributed by atoms with Crippen molar-refractivity contribution in [3.8, 4) is 5.75 Å². The number of esters is 1. The van der Waals surface area contributed by atoms with Crippen molar-refractivity contribution >= 4 is 21.9 Å². The second kappa shape index (κ2) is 9.11. The van der Waals surface area contributed by atoms with Gasteiger partial charge in [-0.3, -0.25) is 4.79 Å². The number of ether oxygens (including phenoxy) is 2. The van der Waals surface area contributed by atoms with E-state index in [4.69, 9.17) is 9.47 Å². The fourth-order valence-corrected chi connectivity index (χ4v) is 5.40. The third-order valence-corrected chi connectivity index (χ3v) is 7.14. The number of para-hydroxylation sites is 1. The zero-order valence-corrected chi connectivity index (χ0v) is 19.4. The molecule has 0 radical (unpaired) electrons. The van der Waals surface area contributed by atoms with E-state index in [1.54, 1.807) is 0 Å². The first-order chi connectivity index (χ1) is 14.5. The summed E-state index contributed by atoms with van der Waals surface area (Å²) in [6.45, 7) is 7.85. The number of benzene rings is 2. The SMILES string of the molecule is CCOC(=O)Cc1ccccc1OC1CC2(CCN(CC)CC2)c2ccc(Br)cc21. The van der Waals surface area contributed by atoms with Crippen molar-refractivity contribution in [2.24, 2.45) is 0 Å². The number of rotatable bonds is 6. The van der Waals surface area contributed by atoms with Crippen molar-refractivity contribution in [1.82, 2.24) is 4.90 Å². The van der Waals surface area contributed by atoms with E-state index < -0.39 is 0 Å². The summed E-state index contributed by atoms with van der Waals surface area (Å²) in [6, 6.07) is 14.5. The Balaban J connectivity index is 1.61. The van der Waals surface area contributed by atoms with Gasteiger partial charge in [0.2, 0.25) is 0 Å². The molecule has 4 rings (SSSR count). The predicted molar refractivity (Wildman–Crippen MR) is 122 cm³/mol. The minimum atomic E-state index is -0.216. The Morgan fingerprint density at radius 2 is 1.93 bits per heavy atom. The summed E-state index contributed by atoms with van der Waals surface area (Å²) >= 11 is 3.65. The molecule has 2 aromatic rings. The number of likely N-dealkylation sites (tertiary alicyclic amines) is 1. The monoisotopic (exact) mass is 471 g/mol. The number of piperidine rings is 1. The predicted octanol–water partition coefficient (Wildman–Crippen LogP) is 5.43. The summed E-state index contributed by atoms with van der Waals surface area (Å²) in [6.07, 6.45) is 3.55. The molecule has 30 heavy (non-hydrogen) atoms. The average molecular weight is 472 g/mol. The van der Waals surface area contributed by atoms with Gasteiger partial charge in [0.1, 0.15) is 11.9 Å². The van der Waals surface area contributed by atoms with Crippen LogP contribution in [0.1, 0.15) is 55.9 Å². The molecule has 0 amide bonds. The standard InChI is InChI=1S/C25H30BrNO3/c1-3-27-13-11-25(12-14-27)17-23(20-16-19(26)9-10-21(20)25)30-22-8-6-5-7-18(22)15-24(28)29-4-2/h5-10,16,23H,3-4,11-15,17H2,1-2H3. The molecule has 0 N–H and O–H groups in total. The molecule has 1 saturated heterocycles. The maximum Gasteiger partial charge on any atom is 0.310 e. The van der Waals surface area contributed by atoms with E-state index in [0.717, 1.165) is 41.8 Å². The van der Waals surface area contributed by atoms with Crippen molar-refractivity contribution in [2.75, 3.05) is 26.2 Å². The van der Waals surface area contributed by atoms with Gasteiger partial charge in [-0.05, 0) is 75.1 Å². The fraction of sp³-hybridized carbons (Fsp3) is 0.480. The molecular formula is C25H30BrNO3. The van der Waals surface area contributed by atoms with Gasteiger partial charge in [-0.15, -0.1) is 0 Å². The Labute approximate surface area is 187 Å². The van der Waals surface area contributed by atoms with Gasteiger partial charge in [0.15, 0.2) is 0 Å². The highest BCUT2D eigenvalue weighted by atomic mass is 79.9. The first kappa shape index (κ1) is 21.4. The lowest BCUT2D eigenvalue weighted by Crippen LogP contribution is -2.41. The van der Waals surface area contributed by atoms with Crippen LogP contribution in [0.3, 0.4) is 0 Å². The molecule has 2 aliphatic rings. The lowest BCUT2D eigenvalue weighted by molar-refractivity contribution is -0.142. The molecule has 0 bridgehead atoms. The lowest BCUT2D eigenvalue weighted by Gasteiger charge is -2.40. The van der Waals surface area contributed by atoms with Crippen molar-refractivity contribution in [3.05, 3.63) is 63.6 Å². The first-order valence-corrected chi connectivity index (χ1v) is 11.8. The summed E-state index contributed by atoms with van der Waals surface area (Å²) in [5, 5.41) is 0. The molecule has 1 unspecified atom stereocenters. The number of hydrogen-bond acceptors (Lipinski definition) is 4. The smallest absolute Gasteiger partial charge is 0.310 e. The van der Waals surface area contributed by atoms with Crippen LogP contribution >= 0.6 is 15.9 Å². The topological polar surface area (TPSA) is 38.8 Å². The van der Waals surface area contributed by atoms with Crippen LogP contribution in [0.5, 0.6) is 5.75 Å². The normalized spacial score (nSPS) is 20.2. The maximum absolute atomic E-state index is 12.1. The Hall–Kier alpha value is -1.85. The summed E-state index contributed by atoms with van der Waals surface area (Å²) in [5.74, 6) is 0.566. The highest BCUT2D eigenvalue weighted by Gasteiger charge is 2.46. The highest BCUT2D eigenvalue weighted by molar-refractivity contribution is 9.10. The molecule has 4 nitrogen and oxygen atoms in total. The molecule has 1 aliphatic carbocycles. The van der Waals surface area contributed by atoms with E-state index in [9.17, 15) is 4.79 Å². The van der Waals surface area contributed by atoms with Gasteiger partial charge in [0.25, 0.3) is 0 Å². The zero-order valence-electron chi connectivity index (χ0n) is 17.8. The maximum atomic E-state index is 12.1. The largest absolute Gasteiger partial charge is 0.485 e. The Morgan fingerprint density at radius 1 is 1.17 bits per heavy atom. The van der Waals surface area contributed by atoms with Crippen LogP contribution in [0.25, 0.3) is 0 Å². The van der Waals surface area contributed by atoms with Gasteiger partial charge in [0.05, 0.1) is 13.0 Å². The van der Waals surface area contributed by atoms with Crippen LogP contribution in [-0.2, 0) is 21.4 Å². The third kappa shape index (κ3) is 4.28. The Bertz CT molecular complexity index is 905. The van der Waals surface area contributed by atoms with Crippen LogP contribution in [0.2, 0.25) is 0 Å². The zero-order chi connectivity index (χ0) is 21.1. The highest BCUT2D eigenvalue weighted by Crippen LogP contribution is 2.52. The van der Waals surface area contributed by atoms with Crippen LogP contribution in [0, 0.1) is 0 Å². The van der Waals surface area contributed by atoms with E-state index >= 15 is 0 Å². The van der Waals surface area contributed by atoms with E-state index in [-0.39, 0.29) is 23.9 Å². The molecule has 1 atom stereocenters. The van der Waals surface area contributed by atoms with Crippen molar-refractivity contribution in [3.63, 3.8) is 0 Å².